The number of nitrogens with zero attached hydrogens (tertiary/aromatic N) is 2. The molecule has 29 heavy (non-hydrogen) atoms. The van der Waals surface area contributed by atoms with Gasteiger partial charge in [0, 0.05) is 23.8 Å². The van der Waals surface area contributed by atoms with Gasteiger partial charge in [-0.1, -0.05) is 41.4 Å². The number of ether oxygens (including phenoxy) is 3. The fraction of sp³-hybridized carbons (Fsp3) is 0.348. The predicted molar refractivity (Wildman–Crippen MR) is 112 cm³/mol. The molecule has 1 aromatic heterocycles. The first kappa shape index (κ1) is 20.0. The third-order valence-electron chi connectivity index (χ3n) is 5.06. The first-order chi connectivity index (χ1) is 14.1. The number of rotatable bonds is 8. The molecule has 2 unspecified atom stereocenters. The molecule has 2 heterocycles. The van der Waals surface area contributed by atoms with E-state index in [1.54, 1.807) is 12.5 Å². The van der Waals surface area contributed by atoms with E-state index in [0.29, 0.717) is 19.8 Å². The Morgan fingerprint density at radius 2 is 1.97 bits per heavy atom. The van der Waals surface area contributed by atoms with Crippen molar-refractivity contribution in [3.05, 3.63) is 83.4 Å². The fourth-order valence-corrected chi connectivity index (χ4v) is 3.59. The molecule has 5 nitrogen and oxygen atoms in total. The first-order valence-electron chi connectivity index (χ1n) is 9.82. The molecule has 2 atom stereocenters. The summed E-state index contributed by atoms with van der Waals surface area (Å²) in [5.74, 6) is 0.134. The molecule has 0 radical (unpaired) electrons. The average molecular weight is 413 g/mol. The highest BCUT2D eigenvalue weighted by molar-refractivity contribution is 6.30. The van der Waals surface area contributed by atoms with Gasteiger partial charge in [-0.05, 0) is 43.2 Å². The number of imidazole rings is 1. The van der Waals surface area contributed by atoms with Crippen LogP contribution in [-0.4, -0.2) is 34.7 Å². The lowest BCUT2D eigenvalue weighted by Crippen LogP contribution is -2.37. The predicted octanol–water partition coefficient (Wildman–Crippen LogP) is 4.67. The lowest BCUT2D eigenvalue weighted by atomic mass is 10.0. The summed E-state index contributed by atoms with van der Waals surface area (Å²) in [5.41, 5.74) is 2.41. The van der Waals surface area contributed by atoms with Crippen LogP contribution in [-0.2, 0) is 22.4 Å². The van der Waals surface area contributed by atoms with E-state index in [1.807, 2.05) is 59.3 Å². The van der Waals surface area contributed by atoms with Crippen LogP contribution in [0, 0.1) is 6.92 Å². The van der Waals surface area contributed by atoms with Gasteiger partial charge in [0.05, 0.1) is 19.5 Å². The van der Waals surface area contributed by atoms with Crippen molar-refractivity contribution in [1.82, 2.24) is 9.55 Å². The van der Waals surface area contributed by atoms with Gasteiger partial charge < -0.3 is 18.8 Å². The Bertz CT molecular complexity index is 897. The van der Waals surface area contributed by atoms with Crippen LogP contribution in [0.3, 0.4) is 0 Å². The lowest BCUT2D eigenvalue weighted by Gasteiger charge is -2.28. The maximum atomic E-state index is 6.39. The van der Waals surface area contributed by atoms with Gasteiger partial charge in [0.2, 0.25) is 0 Å². The Labute approximate surface area is 176 Å². The van der Waals surface area contributed by atoms with Gasteiger partial charge in [-0.3, -0.25) is 0 Å². The highest BCUT2D eigenvalue weighted by Crippen LogP contribution is 2.31. The highest BCUT2D eigenvalue weighted by Gasteiger charge is 2.42. The molecule has 4 rings (SSSR count). The number of halogens is 1. The molecule has 1 fully saturated rings. The minimum Gasteiger partial charge on any atom is -0.491 e. The molecule has 2 aromatic carbocycles. The molecule has 0 amide bonds. The van der Waals surface area contributed by atoms with Crippen molar-refractivity contribution in [2.24, 2.45) is 0 Å². The van der Waals surface area contributed by atoms with Crippen LogP contribution in [0.4, 0.5) is 0 Å². The lowest BCUT2D eigenvalue weighted by molar-refractivity contribution is -0.184. The zero-order valence-corrected chi connectivity index (χ0v) is 17.2. The molecule has 1 aliphatic rings. The maximum absolute atomic E-state index is 6.39. The second-order valence-corrected chi connectivity index (χ2v) is 7.88. The summed E-state index contributed by atoms with van der Waals surface area (Å²) in [4.78, 5) is 4.14. The van der Waals surface area contributed by atoms with Gasteiger partial charge in [0.15, 0.2) is 5.79 Å². The van der Waals surface area contributed by atoms with Crippen LogP contribution in [0.2, 0.25) is 5.02 Å². The highest BCUT2D eigenvalue weighted by atomic mass is 35.5. The smallest absolute Gasteiger partial charge is 0.187 e. The molecule has 0 aliphatic carbocycles. The van der Waals surface area contributed by atoms with Gasteiger partial charge in [-0.2, -0.15) is 0 Å². The Hall–Kier alpha value is -2.34. The number of hydrogen-bond acceptors (Lipinski definition) is 4. The van der Waals surface area contributed by atoms with E-state index >= 15 is 0 Å². The molecule has 3 aromatic rings. The van der Waals surface area contributed by atoms with Gasteiger partial charge in [-0.25, -0.2) is 4.98 Å². The maximum Gasteiger partial charge on any atom is 0.187 e. The van der Waals surface area contributed by atoms with Crippen LogP contribution in [0.5, 0.6) is 5.75 Å². The summed E-state index contributed by atoms with van der Waals surface area (Å²) in [6.45, 7) is 3.60. The quantitative estimate of drug-likeness (QED) is 0.539. The molecule has 0 N–H and O–H groups in total. The van der Waals surface area contributed by atoms with Crippen molar-refractivity contribution >= 4 is 11.6 Å². The molecule has 0 saturated carbocycles. The Morgan fingerprint density at radius 1 is 1.17 bits per heavy atom. The summed E-state index contributed by atoms with van der Waals surface area (Å²) >= 11 is 6.00. The fourth-order valence-electron chi connectivity index (χ4n) is 3.46. The van der Waals surface area contributed by atoms with E-state index < -0.39 is 5.79 Å². The topological polar surface area (TPSA) is 45.5 Å². The Balaban J connectivity index is 1.40. The van der Waals surface area contributed by atoms with E-state index in [0.717, 1.165) is 23.6 Å². The summed E-state index contributed by atoms with van der Waals surface area (Å²) in [5, 5.41) is 0.739. The van der Waals surface area contributed by atoms with Gasteiger partial charge in [-0.15, -0.1) is 0 Å². The van der Waals surface area contributed by atoms with Crippen LogP contribution in [0.1, 0.15) is 17.5 Å². The molecular formula is C23H25ClN2O3. The van der Waals surface area contributed by atoms with E-state index in [4.69, 9.17) is 25.8 Å². The number of aromatic nitrogens is 2. The van der Waals surface area contributed by atoms with Gasteiger partial charge in [0.25, 0.3) is 0 Å². The molecule has 1 saturated heterocycles. The third kappa shape index (κ3) is 5.38. The van der Waals surface area contributed by atoms with Crippen LogP contribution in [0.15, 0.2) is 67.3 Å². The number of benzene rings is 2. The van der Waals surface area contributed by atoms with Crippen molar-refractivity contribution in [1.29, 1.82) is 0 Å². The normalized spacial score (nSPS) is 21.4. The third-order valence-corrected chi connectivity index (χ3v) is 5.31. The number of hydrogen-bond donors (Lipinski definition) is 0. The zero-order valence-electron chi connectivity index (χ0n) is 16.5. The molecule has 1 aliphatic heterocycles. The summed E-state index contributed by atoms with van der Waals surface area (Å²) in [6, 6.07) is 15.9. The van der Waals surface area contributed by atoms with Crippen LogP contribution >= 0.6 is 11.6 Å². The second kappa shape index (κ2) is 8.99. The van der Waals surface area contributed by atoms with Crippen molar-refractivity contribution < 1.29 is 14.2 Å². The molecule has 0 bridgehead atoms. The van der Waals surface area contributed by atoms with E-state index in [1.165, 1.54) is 11.1 Å². The first-order valence-corrected chi connectivity index (χ1v) is 10.2. The van der Waals surface area contributed by atoms with Crippen LogP contribution < -0.4 is 4.74 Å². The van der Waals surface area contributed by atoms with Crippen molar-refractivity contribution in [2.45, 2.75) is 38.2 Å². The average Bonchev–Trinajstić information content (AvgIpc) is 3.38. The second-order valence-electron chi connectivity index (χ2n) is 7.45. The van der Waals surface area contributed by atoms with Gasteiger partial charge >= 0.3 is 0 Å². The standard InChI is InChI=1S/C23H25ClN2O3/c1-18-2-8-21(9-3-18)27-14-22-15-28-23(29-22,16-26-13-12-25-17-26)11-10-19-4-6-20(24)7-5-19/h2-9,12-13,17,22H,10-11,14-16H2,1H3. The van der Waals surface area contributed by atoms with Crippen molar-refractivity contribution in [3.8, 4) is 5.75 Å². The Morgan fingerprint density at radius 3 is 2.69 bits per heavy atom. The van der Waals surface area contributed by atoms with Crippen LogP contribution in [0.25, 0.3) is 0 Å². The Kier molecular flexibility index (Phi) is 6.19. The summed E-state index contributed by atoms with van der Waals surface area (Å²) in [7, 11) is 0. The number of aryl methyl sites for hydroxylation is 2. The monoisotopic (exact) mass is 412 g/mol. The van der Waals surface area contributed by atoms with E-state index in [9.17, 15) is 0 Å². The minimum atomic E-state index is -0.707. The molecule has 0 spiro atoms. The SMILES string of the molecule is Cc1ccc(OCC2COC(CCc3ccc(Cl)cc3)(Cn3ccnc3)O2)cc1. The van der Waals surface area contributed by atoms with E-state index in [2.05, 4.69) is 11.9 Å². The zero-order chi connectivity index (χ0) is 20.1. The minimum absolute atomic E-state index is 0.120. The van der Waals surface area contributed by atoms with Crippen molar-refractivity contribution in [2.75, 3.05) is 13.2 Å². The molecular weight excluding hydrogens is 388 g/mol. The summed E-state index contributed by atoms with van der Waals surface area (Å²) in [6.07, 6.45) is 6.91. The van der Waals surface area contributed by atoms with Crippen molar-refractivity contribution in [3.63, 3.8) is 0 Å². The largest absolute Gasteiger partial charge is 0.491 e. The molecule has 6 heteroatoms. The van der Waals surface area contributed by atoms with E-state index in [-0.39, 0.29) is 6.10 Å². The summed E-state index contributed by atoms with van der Waals surface area (Å²) < 4.78 is 20.5. The molecule has 152 valence electrons. The van der Waals surface area contributed by atoms with Gasteiger partial charge in [0.1, 0.15) is 18.5 Å².